The number of hydrogen-bond acceptors (Lipinski definition) is 4. The minimum atomic E-state index is -3.39. The molecule has 0 bridgehead atoms. The van der Waals surface area contributed by atoms with E-state index in [1.165, 1.54) is 0 Å². The lowest BCUT2D eigenvalue weighted by Gasteiger charge is -2.19. The van der Waals surface area contributed by atoms with Gasteiger partial charge in [-0.1, -0.05) is 24.3 Å². The minimum Gasteiger partial charge on any atom is -0.392 e. The van der Waals surface area contributed by atoms with Gasteiger partial charge in [0.15, 0.2) is 0 Å². The van der Waals surface area contributed by atoms with Crippen LogP contribution in [0.5, 0.6) is 0 Å². The molecule has 1 aliphatic carbocycles. The molecule has 3 rings (SSSR count). The van der Waals surface area contributed by atoms with E-state index >= 15 is 0 Å². The van der Waals surface area contributed by atoms with Crippen LogP contribution in [-0.2, 0) is 27.1 Å². The van der Waals surface area contributed by atoms with Crippen molar-refractivity contribution < 1.29 is 18.3 Å². The third-order valence-electron chi connectivity index (χ3n) is 4.08. The molecule has 2 atom stereocenters. The Morgan fingerprint density at radius 2 is 2.00 bits per heavy atom. The van der Waals surface area contributed by atoms with Crippen LogP contribution < -0.4 is 4.72 Å². The summed E-state index contributed by atoms with van der Waals surface area (Å²) in [6.07, 6.45) is 3.07. The average molecular weight is 311 g/mol. The van der Waals surface area contributed by atoms with Crippen LogP contribution in [0.25, 0.3) is 0 Å². The van der Waals surface area contributed by atoms with Crippen molar-refractivity contribution in [3.8, 4) is 0 Å². The first-order valence-electron chi connectivity index (χ1n) is 7.38. The minimum absolute atomic E-state index is 0.0450. The quantitative estimate of drug-likeness (QED) is 0.827. The fourth-order valence-corrected chi connectivity index (χ4v) is 4.35. The van der Waals surface area contributed by atoms with Crippen LogP contribution in [-0.4, -0.2) is 32.3 Å². The van der Waals surface area contributed by atoms with Crippen molar-refractivity contribution in [1.29, 1.82) is 0 Å². The molecular weight excluding hydrogens is 290 g/mol. The summed E-state index contributed by atoms with van der Waals surface area (Å²) in [5.41, 5.74) is 1.42. The largest absolute Gasteiger partial charge is 0.392 e. The summed E-state index contributed by atoms with van der Waals surface area (Å²) < 4.78 is 33.1. The molecule has 0 radical (unpaired) electrons. The fraction of sp³-hybridized carbons (Fsp3) is 0.600. The highest BCUT2D eigenvalue weighted by atomic mass is 32.2. The van der Waals surface area contributed by atoms with Gasteiger partial charge in [-0.15, -0.1) is 0 Å². The molecule has 6 heteroatoms. The average Bonchev–Trinajstić information content (AvgIpc) is 3.19. The molecule has 2 fully saturated rings. The van der Waals surface area contributed by atoms with E-state index in [0.29, 0.717) is 18.1 Å². The van der Waals surface area contributed by atoms with E-state index in [-0.39, 0.29) is 24.5 Å². The van der Waals surface area contributed by atoms with Gasteiger partial charge in [-0.05, 0) is 36.3 Å². The molecule has 1 aliphatic heterocycles. The Kier molecular flexibility index (Phi) is 4.31. The van der Waals surface area contributed by atoms with Crippen molar-refractivity contribution in [3.05, 3.63) is 35.4 Å². The maximum Gasteiger partial charge on any atom is 0.216 e. The Balaban J connectivity index is 1.65. The molecule has 0 spiro atoms. The summed E-state index contributed by atoms with van der Waals surface area (Å²) in [5, 5.41) is 9.11. The number of sulfonamides is 1. The number of nitrogens with one attached hydrogen (secondary N) is 1. The zero-order chi connectivity index (χ0) is 14.9. The first kappa shape index (κ1) is 15.0. The van der Waals surface area contributed by atoms with Gasteiger partial charge in [-0.2, -0.15) is 0 Å². The molecule has 1 heterocycles. The summed E-state index contributed by atoms with van der Waals surface area (Å²) in [4.78, 5) is 0. The van der Waals surface area contributed by atoms with E-state index in [9.17, 15) is 8.42 Å². The van der Waals surface area contributed by atoms with E-state index in [1.54, 1.807) is 24.3 Å². The second-order valence-electron chi connectivity index (χ2n) is 5.92. The van der Waals surface area contributed by atoms with Crippen LogP contribution in [0.4, 0.5) is 0 Å². The summed E-state index contributed by atoms with van der Waals surface area (Å²) >= 11 is 0. The van der Waals surface area contributed by atoms with Gasteiger partial charge in [-0.3, -0.25) is 0 Å². The highest BCUT2D eigenvalue weighted by Crippen LogP contribution is 2.38. The van der Waals surface area contributed by atoms with Crippen LogP contribution >= 0.6 is 0 Å². The van der Waals surface area contributed by atoms with Crippen molar-refractivity contribution in [3.63, 3.8) is 0 Å². The monoisotopic (exact) mass is 311 g/mol. The van der Waals surface area contributed by atoms with Crippen LogP contribution in [0.2, 0.25) is 0 Å². The van der Waals surface area contributed by atoms with Gasteiger partial charge < -0.3 is 9.84 Å². The van der Waals surface area contributed by atoms with Crippen molar-refractivity contribution >= 4 is 10.0 Å². The second kappa shape index (κ2) is 6.04. The first-order valence-corrected chi connectivity index (χ1v) is 9.03. The van der Waals surface area contributed by atoms with Gasteiger partial charge >= 0.3 is 0 Å². The van der Waals surface area contributed by atoms with Crippen LogP contribution in [0.1, 0.15) is 30.4 Å². The summed E-state index contributed by atoms with van der Waals surface area (Å²) in [5.74, 6) is 0.465. The SMILES string of the molecule is O=S(=O)(Cc1cccc(CO)c1)NC1CCOC1C1CC1. The van der Waals surface area contributed by atoms with E-state index in [1.807, 2.05) is 0 Å². The van der Waals surface area contributed by atoms with E-state index in [4.69, 9.17) is 9.84 Å². The van der Waals surface area contributed by atoms with Crippen molar-refractivity contribution in [2.75, 3.05) is 6.61 Å². The number of ether oxygens (including phenoxy) is 1. The zero-order valence-corrected chi connectivity index (χ0v) is 12.7. The summed E-state index contributed by atoms with van der Waals surface area (Å²) in [7, 11) is -3.39. The molecule has 0 amide bonds. The Labute approximate surface area is 125 Å². The van der Waals surface area contributed by atoms with Crippen LogP contribution in [0.3, 0.4) is 0 Å². The lowest BCUT2D eigenvalue weighted by Crippen LogP contribution is -2.41. The lowest BCUT2D eigenvalue weighted by molar-refractivity contribution is 0.0848. The maximum atomic E-state index is 12.3. The fourth-order valence-electron chi connectivity index (χ4n) is 2.94. The molecule has 1 saturated carbocycles. The normalized spacial score (nSPS) is 26.1. The number of aliphatic hydroxyl groups is 1. The summed E-state index contributed by atoms with van der Waals surface area (Å²) in [6.45, 7) is 0.551. The van der Waals surface area contributed by atoms with Gasteiger partial charge in [0.05, 0.1) is 24.5 Å². The van der Waals surface area contributed by atoms with E-state index < -0.39 is 10.0 Å². The molecule has 1 aromatic carbocycles. The Hall–Kier alpha value is -0.950. The molecule has 1 saturated heterocycles. The Bertz CT molecular complexity index is 597. The third kappa shape index (κ3) is 3.83. The smallest absolute Gasteiger partial charge is 0.216 e. The molecule has 2 N–H and O–H groups in total. The molecule has 2 aliphatic rings. The molecule has 116 valence electrons. The molecule has 1 aromatic rings. The van der Waals surface area contributed by atoms with Gasteiger partial charge in [0, 0.05) is 6.61 Å². The van der Waals surface area contributed by atoms with Crippen molar-refractivity contribution in [2.24, 2.45) is 5.92 Å². The highest BCUT2D eigenvalue weighted by molar-refractivity contribution is 7.88. The van der Waals surface area contributed by atoms with Gasteiger partial charge in [0.2, 0.25) is 10.0 Å². The van der Waals surface area contributed by atoms with Crippen molar-refractivity contribution in [1.82, 2.24) is 4.72 Å². The van der Waals surface area contributed by atoms with Crippen LogP contribution in [0, 0.1) is 5.92 Å². The van der Waals surface area contributed by atoms with Gasteiger partial charge in [-0.25, -0.2) is 13.1 Å². The predicted molar refractivity (Wildman–Crippen MR) is 79.0 cm³/mol. The number of rotatable bonds is 6. The van der Waals surface area contributed by atoms with Crippen molar-refractivity contribution in [2.45, 2.75) is 43.8 Å². The lowest BCUT2D eigenvalue weighted by atomic mass is 10.1. The van der Waals surface area contributed by atoms with E-state index in [2.05, 4.69) is 4.72 Å². The third-order valence-corrected chi connectivity index (χ3v) is 5.46. The number of aliphatic hydroxyl groups excluding tert-OH is 1. The molecular formula is C15H21NO4S. The zero-order valence-electron chi connectivity index (χ0n) is 11.9. The maximum absolute atomic E-state index is 12.3. The topological polar surface area (TPSA) is 75.6 Å². The molecule has 21 heavy (non-hydrogen) atoms. The van der Waals surface area contributed by atoms with Gasteiger partial charge in [0.1, 0.15) is 0 Å². The molecule has 5 nitrogen and oxygen atoms in total. The second-order valence-corrected chi connectivity index (χ2v) is 7.68. The highest BCUT2D eigenvalue weighted by Gasteiger charge is 2.41. The first-order chi connectivity index (χ1) is 10.1. The number of benzene rings is 1. The Morgan fingerprint density at radius 1 is 1.24 bits per heavy atom. The van der Waals surface area contributed by atoms with Crippen LogP contribution in [0.15, 0.2) is 24.3 Å². The predicted octanol–water partition coefficient (Wildman–Crippen LogP) is 1.17. The van der Waals surface area contributed by atoms with E-state index in [0.717, 1.165) is 24.8 Å². The molecule has 0 aromatic heterocycles. The number of hydrogen-bond donors (Lipinski definition) is 2. The standard InChI is InChI=1S/C15H21NO4S/c17-9-11-2-1-3-12(8-11)10-21(18,19)16-14-6-7-20-15(14)13-4-5-13/h1-3,8,13-17H,4-7,9-10H2. The molecule has 2 unspecified atom stereocenters. The summed E-state index contributed by atoms with van der Waals surface area (Å²) in [6, 6.07) is 6.94. The Morgan fingerprint density at radius 3 is 2.71 bits per heavy atom. The van der Waals surface area contributed by atoms with Gasteiger partial charge in [0.25, 0.3) is 0 Å².